The second-order valence-electron chi connectivity index (χ2n) is 11.2. The SMILES string of the molecule is CN(C)C1CN(c2cc(N3C[C@H]4CC[C@@H](C3)N4)c3cc(Cl)c(-c4cc(O)cc5ccccc45)c(F)c3n2)C1. The van der Waals surface area contributed by atoms with Gasteiger partial charge < -0.3 is 25.1 Å². The number of pyridine rings is 1. The number of fused-ring (bicyclic) bond motifs is 4. The zero-order chi connectivity index (χ0) is 26.1. The molecule has 3 saturated heterocycles. The van der Waals surface area contributed by atoms with Crippen LogP contribution in [0.3, 0.4) is 0 Å². The number of anilines is 2. The van der Waals surface area contributed by atoms with Gasteiger partial charge in [0, 0.05) is 61.3 Å². The summed E-state index contributed by atoms with van der Waals surface area (Å²) in [5.41, 5.74) is 2.15. The number of likely N-dealkylation sites (N-methyl/N-ethyl adjacent to an activating group) is 1. The number of phenols is 1. The monoisotopic (exact) mass is 531 g/mol. The van der Waals surface area contributed by atoms with E-state index in [1.807, 2.05) is 30.3 Å². The summed E-state index contributed by atoms with van der Waals surface area (Å²) in [5, 5.41) is 16.9. The van der Waals surface area contributed by atoms with Crippen molar-refractivity contribution in [2.24, 2.45) is 0 Å². The number of halogens is 2. The number of hydrogen-bond donors (Lipinski definition) is 2. The minimum atomic E-state index is -0.450. The molecule has 2 bridgehead atoms. The summed E-state index contributed by atoms with van der Waals surface area (Å²) >= 11 is 6.87. The molecule has 7 rings (SSSR count). The van der Waals surface area contributed by atoms with E-state index in [1.54, 1.807) is 12.1 Å². The van der Waals surface area contributed by atoms with Crippen LogP contribution < -0.4 is 15.1 Å². The van der Waals surface area contributed by atoms with Gasteiger partial charge in [-0.05, 0) is 61.5 Å². The Balaban J connectivity index is 1.43. The Bertz CT molecular complexity index is 1560. The maximum absolute atomic E-state index is 16.7. The summed E-state index contributed by atoms with van der Waals surface area (Å²) in [4.78, 5) is 11.7. The molecule has 196 valence electrons. The highest BCUT2D eigenvalue weighted by molar-refractivity contribution is 6.35. The number of aromatic hydroxyl groups is 1. The number of nitrogens with zero attached hydrogens (tertiary/aromatic N) is 4. The molecule has 0 radical (unpaired) electrons. The molecule has 0 aliphatic carbocycles. The number of piperazine rings is 1. The quantitative estimate of drug-likeness (QED) is 0.375. The first-order valence-electron chi connectivity index (χ1n) is 13.3. The van der Waals surface area contributed by atoms with Crippen molar-refractivity contribution >= 4 is 44.8 Å². The summed E-state index contributed by atoms with van der Waals surface area (Å²) in [6, 6.07) is 16.3. The predicted octanol–water partition coefficient (Wildman–Crippen LogP) is 5.24. The lowest BCUT2D eigenvalue weighted by molar-refractivity contribution is 0.246. The fourth-order valence-electron chi connectivity index (χ4n) is 6.39. The molecule has 1 aromatic heterocycles. The highest BCUT2D eigenvalue weighted by Crippen LogP contribution is 2.44. The second-order valence-corrected chi connectivity index (χ2v) is 11.6. The van der Waals surface area contributed by atoms with Gasteiger partial charge >= 0.3 is 0 Å². The topological polar surface area (TPSA) is 54.9 Å². The van der Waals surface area contributed by atoms with E-state index in [1.165, 1.54) is 0 Å². The standard InChI is InChI=1S/C30H31ClFN5O/c1-35(2)20-15-37(16-20)27-12-26(36-13-18-7-8-19(14-36)33-18)24-11-25(31)28(29(32)30(24)34-27)23-10-21(38)9-17-5-3-4-6-22(17)23/h3-6,9-12,18-20,33,38H,7-8,13-16H2,1-2H3/t18-,19+. The number of phenolic OH excluding ortho intramolecular Hbond substituents is 1. The molecule has 2 atom stereocenters. The molecule has 8 heteroatoms. The van der Waals surface area contributed by atoms with E-state index in [4.69, 9.17) is 16.6 Å². The van der Waals surface area contributed by atoms with Gasteiger partial charge in [0.2, 0.25) is 0 Å². The molecule has 0 saturated carbocycles. The van der Waals surface area contributed by atoms with Crippen LogP contribution in [0.5, 0.6) is 5.75 Å². The van der Waals surface area contributed by atoms with Crippen LogP contribution >= 0.6 is 11.6 Å². The molecule has 38 heavy (non-hydrogen) atoms. The molecule has 0 unspecified atom stereocenters. The van der Waals surface area contributed by atoms with Crippen LogP contribution in [0.25, 0.3) is 32.8 Å². The Morgan fingerprint density at radius 1 is 0.974 bits per heavy atom. The normalized spacial score (nSPS) is 21.6. The maximum Gasteiger partial charge on any atom is 0.158 e. The molecule has 3 fully saturated rings. The van der Waals surface area contributed by atoms with Crippen molar-refractivity contribution in [1.29, 1.82) is 0 Å². The molecular formula is C30H31ClFN5O. The first-order chi connectivity index (χ1) is 18.4. The van der Waals surface area contributed by atoms with Crippen molar-refractivity contribution in [3.05, 3.63) is 59.4 Å². The van der Waals surface area contributed by atoms with Gasteiger partial charge in [0.25, 0.3) is 0 Å². The molecule has 4 aromatic rings. The molecule has 0 spiro atoms. The van der Waals surface area contributed by atoms with E-state index in [-0.39, 0.29) is 11.3 Å². The third kappa shape index (κ3) is 3.87. The van der Waals surface area contributed by atoms with Crippen molar-refractivity contribution < 1.29 is 9.50 Å². The van der Waals surface area contributed by atoms with Crippen LogP contribution in [-0.4, -0.2) is 73.4 Å². The van der Waals surface area contributed by atoms with Crippen LogP contribution in [0.15, 0.2) is 48.5 Å². The third-order valence-corrected chi connectivity index (χ3v) is 8.85. The number of aromatic nitrogens is 1. The van der Waals surface area contributed by atoms with Crippen molar-refractivity contribution in [2.75, 3.05) is 50.1 Å². The Hall–Kier alpha value is -3.13. The van der Waals surface area contributed by atoms with Gasteiger partial charge in [-0.2, -0.15) is 0 Å². The minimum Gasteiger partial charge on any atom is -0.508 e. The Kier molecular flexibility index (Phi) is 5.65. The van der Waals surface area contributed by atoms with E-state index in [0.29, 0.717) is 34.2 Å². The van der Waals surface area contributed by atoms with Crippen LogP contribution in [0.1, 0.15) is 12.8 Å². The number of rotatable bonds is 4. The average Bonchev–Trinajstić information content (AvgIpc) is 3.20. The molecule has 3 aliphatic rings. The van der Waals surface area contributed by atoms with E-state index >= 15 is 4.39 Å². The third-order valence-electron chi connectivity index (χ3n) is 8.55. The van der Waals surface area contributed by atoms with E-state index in [9.17, 15) is 5.11 Å². The lowest BCUT2D eigenvalue weighted by Crippen LogP contribution is -2.57. The summed E-state index contributed by atoms with van der Waals surface area (Å²) in [5.74, 6) is 0.418. The summed E-state index contributed by atoms with van der Waals surface area (Å²) in [6.45, 7) is 3.48. The Labute approximate surface area is 226 Å². The van der Waals surface area contributed by atoms with Gasteiger partial charge in [0.15, 0.2) is 5.82 Å². The number of hydrogen-bond acceptors (Lipinski definition) is 6. The van der Waals surface area contributed by atoms with Crippen molar-refractivity contribution in [2.45, 2.75) is 31.0 Å². The van der Waals surface area contributed by atoms with E-state index in [2.05, 4.69) is 40.2 Å². The van der Waals surface area contributed by atoms with Crippen LogP contribution in [0.2, 0.25) is 5.02 Å². The molecule has 2 N–H and O–H groups in total. The van der Waals surface area contributed by atoms with Crippen LogP contribution in [-0.2, 0) is 0 Å². The van der Waals surface area contributed by atoms with Crippen LogP contribution in [0.4, 0.5) is 15.9 Å². The largest absolute Gasteiger partial charge is 0.508 e. The average molecular weight is 532 g/mol. The summed E-state index contributed by atoms with van der Waals surface area (Å²) in [6.07, 6.45) is 2.33. The van der Waals surface area contributed by atoms with Crippen molar-refractivity contribution in [3.63, 3.8) is 0 Å². The lowest BCUT2D eigenvalue weighted by Gasteiger charge is -2.44. The lowest BCUT2D eigenvalue weighted by atomic mass is 9.95. The molecular weight excluding hydrogens is 501 g/mol. The van der Waals surface area contributed by atoms with Gasteiger partial charge in [0.1, 0.15) is 17.1 Å². The fourth-order valence-corrected chi connectivity index (χ4v) is 6.69. The van der Waals surface area contributed by atoms with Gasteiger partial charge in [-0.15, -0.1) is 0 Å². The van der Waals surface area contributed by atoms with E-state index in [0.717, 1.165) is 66.7 Å². The zero-order valence-electron chi connectivity index (χ0n) is 21.6. The van der Waals surface area contributed by atoms with Crippen LogP contribution in [0, 0.1) is 5.82 Å². The minimum absolute atomic E-state index is 0.0725. The van der Waals surface area contributed by atoms with E-state index < -0.39 is 5.82 Å². The molecule has 3 aliphatic heterocycles. The van der Waals surface area contributed by atoms with Gasteiger partial charge in [-0.25, -0.2) is 9.37 Å². The highest BCUT2D eigenvalue weighted by atomic mass is 35.5. The molecule has 0 amide bonds. The van der Waals surface area contributed by atoms with Crippen molar-refractivity contribution in [3.8, 4) is 16.9 Å². The van der Waals surface area contributed by atoms with Gasteiger partial charge in [0.05, 0.1) is 10.7 Å². The molecule has 3 aromatic carbocycles. The first-order valence-corrected chi connectivity index (χ1v) is 13.7. The molecule has 6 nitrogen and oxygen atoms in total. The summed E-state index contributed by atoms with van der Waals surface area (Å²) in [7, 11) is 4.18. The fraction of sp³-hybridized carbons (Fsp3) is 0.367. The zero-order valence-corrected chi connectivity index (χ0v) is 22.3. The predicted molar refractivity (Wildman–Crippen MR) is 153 cm³/mol. The second kappa shape index (κ2) is 8.97. The molecule has 4 heterocycles. The Morgan fingerprint density at radius 3 is 2.45 bits per heavy atom. The van der Waals surface area contributed by atoms with Gasteiger partial charge in [-0.1, -0.05) is 35.9 Å². The number of nitrogens with one attached hydrogen (secondary N) is 1. The maximum atomic E-state index is 16.7. The van der Waals surface area contributed by atoms with Gasteiger partial charge in [-0.3, -0.25) is 0 Å². The summed E-state index contributed by atoms with van der Waals surface area (Å²) < 4.78 is 16.7. The van der Waals surface area contributed by atoms with Crippen molar-refractivity contribution in [1.82, 2.24) is 15.2 Å². The Morgan fingerprint density at radius 2 is 1.71 bits per heavy atom. The smallest absolute Gasteiger partial charge is 0.158 e. The first kappa shape index (κ1) is 23.9. The number of benzene rings is 3. The highest BCUT2D eigenvalue weighted by Gasteiger charge is 2.35.